The van der Waals surface area contributed by atoms with E-state index in [1.807, 2.05) is 6.92 Å². The number of benzene rings is 1. The summed E-state index contributed by atoms with van der Waals surface area (Å²) in [5.74, 6) is 0.323. The summed E-state index contributed by atoms with van der Waals surface area (Å²) in [6, 6.07) is 9.85. The van der Waals surface area contributed by atoms with Gasteiger partial charge in [0, 0.05) is 38.1 Å². The zero-order chi connectivity index (χ0) is 15.1. The van der Waals surface area contributed by atoms with Crippen molar-refractivity contribution in [1.82, 2.24) is 9.80 Å². The van der Waals surface area contributed by atoms with Crippen LogP contribution >= 0.6 is 0 Å². The predicted octanol–water partition coefficient (Wildman–Crippen LogP) is 2.71. The number of rotatable bonds is 3. The lowest BCUT2D eigenvalue weighted by atomic mass is 10.1. The average Bonchev–Trinajstić information content (AvgIpc) is 3.03. The number of hydrogen-bond donors (Lipinski definition) is 0. The van der Waals surface area contributed by atoms with E-state index in [0.717, 1.165) is 26.1 Å². The van der Waals surface area contributed by atoms with Crippen LogP contribution in [0.15, 0.2) is 29.8 Å². The van der Waals surface area contributed by atoms with E-state index in [4.69, 9.17) is 0 Å². The van der Waals surface area contributed by atoms with Crippen LogP contribution in [0.2, 0.25) is 0 Å². The third-order valence-corrected chi connectivity index (χ3v) is 5.51. The molecule has 0 radical (unpaired) electrons. The zero-order valence-electron chi connectivity index (χ0n) is 13.3. The molecule has 0 spiro atoms. The first kappa shape index (κ1) is 14.0. The Morgan fingerprint density at radius 1 is 1.18 bits per heavy atom. The maximum atomic E-state index is 12.0. The molecule has 0 N–H and O–H groups in total. The molecule has 0 saturated carbocycles. The topological polar surface area (TPSA) is 23.6 Å². The molecule has 1 aliphatic carbocycles. The SMILES string of the molecule is CCC(=O)N1C[C@H]2CC[C@@H](C1)N2CC1=Cc2ccccc2C1. The Bertz CT molecular complexity index is 608. The molecule has 2 bridgehead atoms. The summed E-state index contributed by atoms with van der Waals surface area (Å²) >= 11 is 0. The minimum atomic E-state index is 0.323. The van der Waals surface area contributed by atoms with Gasteiger partial charge < -0.3 is 4.90 Å². The number of amides is 1. The number of likely N-dealkylation sites (tertiary alicyclic amines) is 1. The first-order valence-electron chi connectivity index (χ1n) is 8.55. The number of carbonyl (C=O) groups excluding carboxylic acids is 1. The lowest BCUT2D eigenvalue weighted by molar-refractivity contribution is -0.134. The fourth-order valence-corrected chi connectivity index (χ4v) is 4.36. The van der Waals surface area contributed by atoms with Crippen molar-refractivity contribution in [3.63, 3.8) is 0 Å². The van der Waals surface area contributed by atoms with Crippen LogP contribution in [0, 0.1) is 0 Å². The fourth-order valence-electron chi connectivity index (χ4n) is 4.36. The Morgan fingerprint density at radius 2 is 1.91 bits per heavy atom. The standard InChI is InChI=1S/C19H24N2O/c1-2-19(22)20-12-17-7-8-18(13-20)21(17)11-14-9-15-5-3-4-6-16(15)10-14/h3-6,9,17-18H,2,7-8,10-13H2,1H3/t17-,18+. The van der Waals surface area contributed by atoms with Crippen molar-refractivity contribution in [3.05, 3.63) is 41.0 Å². The Kier molecular flexibility index (Phi) is 3.53. The van der Waals surface area contributed by atoms with Gasteiger partial charge in [0.2, 0.25) is 5.91 Å². The summed E-state index contributed by atoms with van der Waals surface area (Å²) in [6.07, 6.45) is 6.61. The smallest absolute Gasteiger partial charge is 0.222 e. The molecule has 3 aliphatic rings. The van der Waals surface area contributed by atoms with Crippen LogP contribution in [0.4, 0.5) is 0 Å². The quantitative estimate of drug-likeness (QED) is 0.856. The lowest BCUT2D eigenvalue weighted by Gasteiger charge is -2.41. The van der Waals surface area contributed by atoms with Crippen LogP contribution < -0.4 is 0 Å². The van der Waals surface area contributed by atoms with Gasteiger partial charge in [-0.2, -0.15) is 0 Å². The molecule has 0 unspecified atom stereocenters. The monoisotopic (exact) mass is 296 g/mol. The molecule has 2 atom stereocenters. The van der Waals surface area contributed by atoms with E-state index in [1.54, 1.807) is 0 Å². The highest BCUT2D eigenvalue weighted by Gasteiger charge is 2.41. The van der Waals surface area contributed by atoms with Gasteiger partial charge >= 0.3 is 0 Å². The normalized spacial score (nSPS) is 27.0. The minimum Gasteiger partial charge on any atom is -0.340 e. The molecular formula is C19H24N2O. The zero-order valence-corrected chi connectivity index (χ0v) is 13.3. The van der Waals surface area contributed by atoms with Gasteiger partial charge in [-0.15, -0.1) is 0 Å². The molecule has 4 rings (SSSR count). The number of hydrogen-bond acceptors (Lipinski definition) is 2. The van der Waals surface area contributed by atoms with E-state index in [9.17, 15) is 4.79 Å². The highest BCUT2D eigenvalue weighted by molar-refractivity contribution is 5.76. The Morgan fingerprint density at radius 3 is 2.59 bits per heavy atom. The van der Waals surface area contributed by atoms with Gasteiger partial charge in [-0.3, -0.25) is 9.69 Å². The minimum absolute atomic E-state index is 0.323. The van der Waals surface area contributed by atoms with E-state index in [-0.39, 0.29) is 0 Å². The summed E-state index contributed by atoms with van der Waals surface area (Å²) in [5, 5.41) is 0. The molecule has 2 saturated heterocycles. The van der Waals surface area contributed by atoms with Gasteiger partial charge in [0.1, 0.15) is 0 Å². The second-order valence-electron chi connectivity index (χ2n) is 6.89. The van der Waals surface area contributed by atoms with Gasteiger partial charge in [0.25, 0.3) is 0 Å². The summed E-state index contributed by atoms with van der Waals surface area (Å²) in [5.41, 5.74) is 4.39. The highest BCUT2D eigenvalue weighted by Crippen LogP contribution is 2.33. The Hall–Kier alpha value is -1.61. The second-order valence-corrected chi connectivity index (χ2v) is 6.89. The van der Waals surface area contributed by atoms with Crippen molar-refractivity contribution in [3.8, 4) is 0 Å². The number of carbonyl (C=O) groups is 1. The molecule has 2 fully saturated rings. The molecule has 3 nitrogen and oxygen atoms in total. The molecule has 2 aliphatic heterocycles. The molecule has 0 aromatic heterocycles. The third kappa shape index (κ3) is 2.38. The van der Waals surface area contributed by atoms with Crippen molar-refractivity contribution in [2.24, 2.45) is 0 Å². The third-order valence-electron chi connectivity index (χ3n) is 5.51. The van der Waals surface area contributed by atoms with Gasteiger partial charge in [-0.25, -0.2) is 0 Å². The number of nitrogens with zero attached hydrogens (tertiary/aromatic N) is 2. The largest absolute Gasteiger partial charge is 0.340 e. The van der Waals surface area contributed by atoms with Crippen molar-refractivity contribution < 1.29 is 4.79 Å². The van der Waals surface area contributed by atoms with Crippen LogP contribution in [0.1, 0.15) is 37.3 Å². The maximum absolute atomic E-state index is 12.0. The van der Waals surface area contributed by atoms with Crippen molar-refractivity contribution >= 4 is 12.0 Å². The van der Waals surface area contributed by atoms with Crippen LogP contribution in [-0.2, 0) is 11.2 Å². The fraction of sp³-hybridized carbons (Fsp3) is 0.526. The second kappa shape index (κ2) is 5.54. The molecule has 2 heterocycles. The van der Waals surface area contributed by atoms with E-state index in [1.165, 1.54) is 29.5 Å². The summed E-state index contributed by atoms with van der Waals surface area (Å²) < 4.78 is 0. The highest BCUT2D eigenvalue weighted by atomic mass is 16.2. The summed E-state index contributed by atoms with van der Waals surface area (Å²) in [4.78, 5) is 16.7. The first-order chi connectivity index (χ1) is 10.7. The first-order valence-corrected chi connectivity index (χ1v) is 8.55. The molecule has 3 heteroatoms. The van der Waals surface area contributed by atoms with Gasteiger partial charge in [-0.05, 0) is 30.4 Å². The van der Waals surface area contributed by atoms with Crippen LogP contribution in [-0.4, -0.2) is 47.4 Å². The van der Waals surface area contributed by atoms with Crippen molar-refractivity contribution in [2.75, 3.05) is 19.6 Å². The Labute approximate surface area is 132 Å². The molecule has 1 aromatic carbocycles. The van der Waals surface area contributed by atoms with E-state index >= 15 is 0 Å². The van der Waals surface area contributed by atoms with Gasteiger partial charge in [0.05, 0.1) is 0 Å². The number of piperazine rings is 1. The maximum Gasteiger partial charge on any atom is 0.222 e. The number of fused-ring (bicyclic) bond motifs is 3. The molecule has 1 aromatic rings. The average molecular weight is 296 g/mol. The van der Waals surface area contributed by atoms with E-state index in [2.05, 4.69) is 40.1 Å². The molecule has 116 valence electrons. The van der Waals surface area contributed by atoms with E-state index < -0.39 is 0 Å². The van der Waals surface area contributed by atoms with Gasteiger partial charge in [0.15, 0.2) is 0 Å². The molecule has 1 amide bonds. The van der Waals surface area contributed by atoms with Crippen molar-refractivity contribution in [2.45, 2.75) is 44.7 Å². The van der Waals surface area contributed by atoms with Crippen LogP contribution in [0.3, 0.4) is 0 Å². The predicted molar refractivity (Wildman–Crippen MR) is 88.5 cm³/mol. The van der Waals surface area contributed by atoms with E-state index in [0.29, 0.717) is 24.4 Å². The summed E-state index contributed by atoms with van der Waals surface area (Å²) in [6.45, 7) is 4.92. The molecular weight excluding hydrogens is 272 g/mol. The van der Waals surface area contributed by atoms with Crippen LogP contribution in [0.5, 0.6) is 0 Å². The summed E-state index contributed by atoms with van der Waals surface area (Å²) in [7, 11) is 0. The Balaban J connectivity index is 1.45. The molecule has 22 heavy (non-hydrogen) atoms. The van der Waals surface area contributed by atoms with Crippen LogP contribution in [0.25, 0.3) is 6.08 Å². The lowest BCUT2D eigenvalue weighted by Crippen LogP contribution is -2.55. The van der Waals surface area contributed by atoms with Gasteiger partial charge in [-0.1, -0.05) is 42.8 Å². The van der Waals surface area contributed by atoms with Crippen molar-refractivity contribution in [1.29, 1.82) is 0 Å².